The first-order valence-corrected chi connectivity index (χ1v) is 14.0. The van der Waals surface area contributed by atoms with Gasteiger partial charge in [-0.15, -0.1) is 0 Å². The molecule has 2 aromatic heterocycles. The van der Waals surface area contributed by atoms with Crippen molar-refractivity contribution in [3.63, 3.8) is 0 Å². The van der Waals surface area contributed by atoms with E-state index in [9.17, 15) is 14.8 Å². The van der Waals surface area contributed by atoms with E-state index in [1.54, 1.807) is 6.07 Å². The van der Waals surface area contributed by atoms with Crippen LogP contribution in [0.25, 0.3) is 0 Å². The van der Waals surface area contributed by atoms with E-state index in [0.717, 1.165) is 57.0 Å². The molecule has 5 rings (SSSR count). The molecule has 3 aliphatic heterocycles. The lowest BCUT2D eigenvalue weighted by molar-refractivity contribution is -0.0380. The Morgan fingerprint density at radius 2 is 1.53 bits per heavy atom. The van der Waals surface area contributed by atoms with Gasteiger partial charge in [0.1, 0.15) is 0 Å². The van der Waals surface area contributed by atoms with Crippen molar-refractivity contribution in [3.05, 3.63) is 34.9 Å². The minimum atomic E-state index is -0.508. The molecule has 1 fully saturated rings. The van der Waals surface area contributed by atoms with E-state index in [1.165, 1.54) is 7.05 Å². The largest absolute Gasteiger partial charge is 0.337 e. The first-order chi connectivity index (χ1) is 18.1. The van der Waals surface area contributed by atoms with E-state index >= 15 is 0 Å². The zero-order chi connectivity index (χ0) is 27.1. The van der Waals surface area contributed by atoms with E-state index in [4.69, 9.17) is 5.10 Å². The summed E-state index contributed by atoms with van der Waals surface area (Å²) < 4.78 is 3.96. The molecule has 11 nitrogen and oxygen atoms in total. The van der Waals surface area contributed by atoms with Crippen LogP contribution in [-0.2, 0) is 26.2 Å². The molecule has 0 bridgehead atoms. The summed E-state index contributed by atoms with van der Waals surface area (Å²) in [6, 6.07) is 4.59. The minimum Gasteiger partial charge on any atom is -0.337 e. The maximum absolute atomic E-state index is 13.5. The SMILES string of the molecule is CC(C)N1CCCn2nc(C(=O)N3CCC(C4CN(C(C)C)Cc5cc(C(=O)N(C)O)nn5C4)C3)cc2C1. The molecule has 0 radical (unpaired) electrons. The molecule has 38 heavy (non-hydrogen) atoms. The number of aromatic nitrogens is 4. The second kappa shape index (κ2) is 10.8. The maximum Gasteiger partial charge on any atom is 0.297 e. The smallest absolute Gasteiger partial charge is 0.297 e. The molecule has 1 saturated heterocycles. The number of nitrogens with zero attached hydrogens (tertiary/aromatic N) is 8. The number of hydrogen-bond donors (Lipinski definition) is 1. The van der Waals surface area contributed by atoms with Gasteiger partial charge in [0.15, 0.2) is 11.4 Å². The predicted octanol–water partition coefficient (Wildman–Crippen LogP) is 2.16. The van der Waals surface area contributed by atoms with Crippen molar-refractivity contribution in [2.24, 2.45) is 11.8 Å². The third kappa shape index (κ3) is 5.37. The average Bonchev–Trinajstić information content (AvgIpc) is 3.55. The molecule has 11 heteroatoms. The van der Waals surface area contributed by atoms with Crippen LogP contribution in [0.15, 0.2) is 12.1 Å². The van der Waals surface area contributed by atoms with E-state index in [-0.39, 0.29) is 11.6 Å². The summed E-state index contributed by atoms with van der Waals surface area (Å²) in [7, 11) is 1.32. The number of carbonyl (C=O) groups is 2. The number of carbonyl (C=O) groups excluding carboxylic acids is 2. The van der Waals surface area contributed by atoms with E-state index in [1.807, 2.05) is 20.3 Å². The number of hydrogen-bond acceptors (Lipinski definition) is 7. The van der Waals surface area contributed by atoms with Gasteiger partial charge >= 0.3 is 0 Å². The van der Waals surface area contributed by atoms with Gasteiger partial charge < -0.3 is 4.90 Å². The molecular formula is C27H42N8O3. The van der Waals surface area contributed by atoms with E-state index < -0.39 is 5.91 Å². The Morgan fingerprint density at radius 3 is 2.24 bits per heavy atom. The second-order valence-electron chi connectivity index (χ2n) is 11.8. The predicted molar refractivity (Wildman–Crippen MR) is 142 cm³/mol. The molecule has 2 aromatic rings. The third-order valence-electron chi connectivity index (χ3n) is 8.52. The summed E-state index contributed by atoms with van der Waals surface area (Å²) in [5, 5.41) is 19.5. The number of aryl methyl sites for hydroxylation is 1. The lowest BCUT2D eigenvalue weighted by atomic mass is 9.90. The standard InChI is InChI=1S/C27H42N8O3/c1-18(2)31-8-6-9-34-22(16-31)11-25(28-34)27(37)32-10-7-20(13-32)21-14-33(19(3)4)17-23-12-24(26(36)30(5)38)29-35(23)15-21/h11-12,18-21,38H,6-10,13-17H2,1-5H3. The van der Waals surface area contributed by atoms with E-state index in [0.29, 0.717) is 54.3 Å². The van der Waals surface area contributed by atoms with Crippen LogP contribution in [0.1, 0.15) is 72.9 Å². The molecule has 0 spiro atoms. The Balaban J connectivity index is 1.30. The van der Waals surface area contributed by atoms with Crippen molar-refractivity contribution in [1.29, 1.82) is 0 Å². The Bertz CT molecular complexity index is 1170. The van der Waals surface area contributed by atoms with Gasteiger partial charge in [0.05, 0.1) is 11.4 Å². The number of fused-ring (bicyclic) bond motifs is 2. The summed E-state index contributed by atoms with van der Waals surface area (Å²) in [5.41, 5.74) is 2.92. The zero-order valence-corrected chi connectivity index (χ0v) is 23.4. The molecule has 0 saturated carbocycles. The quantitative estimate of drug-likeness (QED) is 0.470. The van der Waals surface area contributed by atoms with Crippen molar-refractivity contribution < 1.29 is 14.8 Å². The molecule has 1 N–H and O–H groups in total. The van der Waals surface area contributed by atoms with Gasteiger partial charge in [0.25, 0.3) is 11.8 Å². The Labute approximate surface area is 224 Å². The Morgan fingerprint density at radius 1 is 0.868 bits per heavy atom. The number of likely N-dealkylation sites (tertiary alicyclic amines) is 1. The first-order valence-electron chi connectivity index (χ1n) is 14.0. The molecular weight excluding hydrogens is 484 g/mol. The molecule has 0 aliphatic carbocycles. The Kier molecular flexibility index (Phi) is 7.61. The van der Waals surface area contributed by atoms with E-state index in [2.05, 4.69) is 42.6 Å². The normalized spacial score (nSPS) is 22.9. The average molecular weight is 527 g/mol. The van der Waals surface area contributed by atoms with Crippen LogP contribution >= 0.6 is 0 Å². The summed E-state index contributed by atoms with van der Waals surface area (Å²) >= 11 is 0. The summed E-state index contributed by atoms with van der Waals surface area (Å²) in [4.78, 5) is 32.7. The topological polar surface area (TPSA) is 103 Å². The van der Waals surface area contributed by atoms with Gasteiger partial charge in [-0.05, 0) is 64.5 Å². The van der Waals surface area contributed by atoms with Crippen molar-refractivity contribution in [1.82, 2.24) is 39.3 Å². The minimum absolute atomic E-state index is 0.0251. The molecule has 0 aromatic carbocycles. The molecule has 2 amide bonds. The van der Waals surface area contributed by atoms with Crippen LogP contribution in [0.2, 0.25) is 0 Å². The highest BCUT2D eigenvalue weighted by Gasteiger charge is 2.37. The maximum atomic E-state index is 13.5. The van der Waals surface area contributed by atoms with Crippen molar-refractivity contribution in [2.75, 3.05) is 33.2 Å². The lowest BCUT2D eigenvalue weighted by Gasteiger charge is -2.30. The van der Waals surface area contributed by atoms with Crippen molar-refractivity contribution in [2.45, 2.75) is 78.8 Å². The van der Waals surface area contributed by atoms with Crippen LogP contribution in [0.3, 0.4) is 0 Å². The van der Waals surface area contributed by atoms with Gasteiger partial charge in [-0.2, -0.15) is 10.2 Å². The van der Waals surface area contributed by atoms with Crippen LogP contribution in [0.5, 0.6) is 0 Å². The summed E-state index contributed by atoms with van der Waals surface area (Å²) in [6.45, 7) is 15.3. The number of hydroxylamine groups is 2. The number of rotatable bonds is 5. The highest BCUT2D eigenvalue weighted by atomic mass is 16.5. The van der Waals surface area contributed by atoms with Crippen molar-refractivity contribution >= 4 is 11.8 Å². The van der Waals surface area contributed by atoms with Crippen LogP contribution in [0, 0.1) is 11.8 Å². The molecule has 3 aliphatic rings. The van der Waals surface area contributed by atoms with Crippen molar-refractivity contribution in [3.8, 4) is 0 Å². The van der Waals surface area contributed by atoms with Gasteiger partial charge in [-0.3, -0.25) is 34.0 Å². The molecule has 2 unspecified atom stereocenters. The molecule has 208 valence electrons. The zero-order valence-electron chi connectivity index (χ0n) is 23.4. The molecule has 5 heterocycles. The summed E-state index contributed by atoms with van der Waals surface area (Å²) in [5.74, 6) is 0.152. The summed E-state index contributed by atoms with van der Waals surface area (Å²) in [6.07, 6.45) is 1.98. The molecule has 2 atom stereocenters. The van der Waals surface area contributed by atoms with Gasteiger partial charge in [0.2, 0.25) is 0 Å². The lowest BCUT2D eigenvalue weighted by Crippen LogP contribution is -2.37. The third-order valence-corrected chi connectivity index (χ3v) is 8.52. The van der Waals surface area contributed by atoms with Crippen LogP contribution in [-0.4, -0.2) is 102 Å². The van der Waals surface area contributed by atoms with Crippen LogP contribution < -0.4 is 0 Å². The highest BCUT2D eigenvalue weighted by molar-refractivity contribution is 5.92. The Hall–Kier alpha value is -2.76. The number of amides is 2. The fraction of sp³-hybridized carbons (Fsp3) is 0.704. The first kappa shape index (κ1) is 26.8. The highest BCUT2D eigenvalue weighted by Crippen LogP contribution is 2.31. The van der Waals surface area contributed by atoms with Crippen LogP contribution in [0.4, 0.5) is 0 Å². The second-order valence-corrected chi connectivity index (χ2v) is 11.8. The van der Waals surface area contributed by atoms with Gasteiger partial charge in [-0.1, -0.05) is 0 Å². The monoisotopic (exact) mass is 526 g/mol. The fourth-order valence-electron chi connectivity index (χ4n) is 6.11. The van der Waals surface area contributed by atoms with Gasteiger partial charge in [-0.25, -0.2) is 5.06 Å². The fourth-order valence-corrected chi connectivity index (χ4v) is 6.11. The van der Waals surface area contributed by atoms with Gasteiger partial charge in [0, 0.05) is 71.5 Å².